The fourth-order valence-electron chi connectivity index (χ4n) is 4.94. The number of nitriles is 1. The average molecular weight is 608 g/mol. The van der Waals surface area contributed by atoms with Crippen molar-refractivity contribution in [2.75, 3.05) is 0 Å². The number of halogens is 1. The van der Waals surface area contributed by atoms with Crippen molar-refractivity contribution < 1.29 is 9.90 Å². The minimum Gasteiger partial charge on any atom is -0.492 e. The summed E-state index contributed by atoms with van der Waals surface area (Å²) in [5.41, 5.74) is 0.285. The third-order valence-electron chi connectivity index (χ3n) is 6.57. The minimum atomic E-state index is -2.75. The van der Waals surface area contributed by atoms with E-state index in [4.69, 9.17) is 0 Å². The molecule has 6 rings (SSSR count). The molecule has 1 N–H and O–H groups in total. The minimum absolute atomic E-state index is 0.285. The van der Waals surface area contributed by atoms with E-state index in [0.717, 1.165) is 31.7 Å². The van der Waals surface area contributed by atoms with E-state index in [-0.39, 0.29) is 11.5 Å². The molecule has 4 aromatic carbocycles. The van der Waals surface area contributed by atoms with Crippen molar-refractivity contribution in [3.63, 3.8) is 0 Å². The van der Waals surface area contributed by atoms with Gasteiger partial charge in [-0.1, -0.05) is 107 Å². The van der Waals surface area contributed by atoms with Gasteiger partial charge in [0.25, 0.3) is 5.91 Å². The van der Waals surface area contributed by atoms with E-state index in [2.05, 4.69) is 32.0 Å². The predicted octanol–water partition coefficient (Wildman–Crippen LogP) is 4.01. The molecule has 0 aliphatic carbocycles. The summed E-state index contributed by atoms with van der Waals surface area (Å²) in [5.74, 6) is -0.733. The summed E-state index contributed by atoms with van der Waals surface area (Å²) in [6.07, 6.45) is 0. The molecule has 2 heterocycles. The molecule has 188 valence electrons. The molecule has 5 nitrogen and oxygen atoms in total. The molecule has 0 fully saturated rings. The van der Waals surface area contributed by atoms with Gasteiger partial charge in [-0.2, -0.15) is 5.26 Å². The number of carbonyl (C=O) groups excluding carboxylic acids is 1. The fourth-order valence-corrected chi connectivity index (χ4v) is 10.8. The Morgan fingerprint density at radius 2 is 1.38 bits per heavy atom. The molecule has 39 heavy (non-hydrogen) atoms. The first-order valence-electron chi connectivity index (χ1n) is 12.0. The van der Waals surface area contributed by atoms with Crippen LogP contribution in [0.4, 0.5) is 0 Å². The van der Waals surface area contributed by atoms with Crippen LogP contribution in [0.5, 0.6) is 5.88 Å². The molecule has 1 aliphatic heterocycles. The molecular formula is C31H19BrN3O2PS. The molecule has 0 unspecified atom stereocenters. The SMILES string of the molecule is N#CC(c1nc(O)c(C2=c3cc(Br)ccc3=NC2=O)s1)=P(c1ccccc1)(c1ccccc1)c1ccccc1. The third-order valence-corrected chi connectivity index (χ3v) is 12.5. The molecule has 0 atom stereocenters. The Morgan fingerprint density at radius 3 is 1.90 bits per heavy atom. The highest BCUT2D eigenvalue weighted by Crippen LogP contribution is 2.48. The first-order chi connectivity index (χ1) is 19.0. The highest BCUT2D eigenvalue weighted by molar-refractivity contribution is 9.10. The van der Waals surface area contributed by atoms with Gasteiger partial charge in [-0.05, 0) is 41.0 Å². The highest BCUT2D eigenvalue weighted by Gasteiger charge is 2.34. The van der Waals surface area contributed by atoms with Crippen LogP contribution in [0.2, 0.25) is 0 Å². The van der Waals surface area contributed by atoms with E-state index in [1.807, 2.05) is 103 Å². The molecule has 5 aromatic rings. The summed E-state index contributed by atoms with van der Waals surface area (Å²) in [4.78, 5) is 22.0. The van der Waals surface area contributed by atoms with Crippen molar-refractivity contribution in [2.45, 2.75) is 0 Å². The average Bonchev–Trinajstić information content (AvgIpc) is 3.50. The Labute approximate surface area is 237 Å². The number of aromatic hydroxyl groups is 1. The van der Waals surface area contributed by atoms with Crippen molar-refractivity contribution in [2.24, 2.45) is 4.99 Å². The number of thiazole rings is 1. The van der Waals surface area contributed by atoms with Gasteiger partial charge in [0.2, 0.25) is 5.88 Å². The molecule has 0 radical (unpaired) electrons. The number of benzene rings is 4. The van der Waals surface area contributed by atoms with Crippen molar-refractivity contribution >= 4 is 66.8 Å². The second-order valence-electron chi connectivity index (χ2n) is 8.76. The van der Waals surface area contributed by atoms with Crippen LogP contribution in [0.1, 0.15) is 9.88 Å². The van der Waals surface area contributed by atoms with E-state index in [1.165, 1.54) is 0 Å². The first-order valence-corrected chi connectivity index (χ1v) is 15.4. The lowest BCUT2D eigenvalue weighted by Crippen LogP contribution is -2.30. The normalized spacial score (nSPS) is 12.5. The van der Waals surface area contributed by atoms with Crippen molar-refractivity contribution in [3.05, 3.63) is 134 Å². The lowest BCUT2D eigenvalue weighted by Gasteiger charge is -2.29. The molecular weight excluding hydrogens is 589 g/mol. The Morgan fingerprint density at radius 1 is 0.846 bits per heavy atom. The van der Waals surface area contributed by atoms with Gasteiger partial charge in [-0.15, -0.1) is 11.3 Å². The van der Waals surface area contributed by atoms with E-state index in [9.17, 15) is 15.2 Å². The van der Waals surface area contributed by atoms with Gasteiger partial charge in [0, 0.05) is 9.69 Å². The summed E-state index contributed by atoms with van der Waals surface area (Å²) in [5, 5.41) is 26.9. The maximum absolute atomic E-state index is 13.0. The monoisotopic (exact) mass is 607 g/mol. The van der Waals surface area contributed by atoms with E-state index in [0.29, 0.717) is 25.8 Å². The predicted molar refractivity (Wildman–Crippen MR) is 161 cm³/mol. The van der Waals surface area contributed by atoms with Crippen LogP contribution >= 0.6 is 34.2 Å². The molecule has 0 spiro atoms. The van der Waals surface area contributed by atoms with Gasteiger partial charge in [0.05, 0.1) is 16.2 Å². The van der Waals surface area contributed by atoms with Crippen molar-refractivity contribution in [1.29, 1.82) is 5.26 Å². The number of hydrogen-bond acceptors (Lipinski definition) is 5. The zero-order valence-electron chi connectivity index (χ0n) is 20.3. The summed E-state index contributed by atoms with van der Waals surface area (Å²) in [6, 6.07) is 37.8. The number of carbonyl (C=O) groups is 1. The fraction of sp³-hybridized carbons (Fsp3) is 0. The third kappa shape index (κ3) is 4.18. The summed E-state index contributed by atoms with van der Waals surface area (Å²) < 4.78 is 0.791. The smallest absolute Gasteiger partial charge is 0.279 e. The number of amides is 1. The van der Waals surface area contributed by atoms with Crippen LogP contribution in [0.25, 0.3) is 5.57 Å². The first kappa shape index (κ1) is 25.2. The van der Waals surface area contributed by atoms with Crippen LogP contribution in [-0.4, -0.2) is 21.3 Å². The van der Waals surface area contributed by atoms with Gasteiger partial charge < -0.3 is 5.11 Å². The van der Waals surface area contributed by atoms with Crippen molar-refractivity contribution in [1.82, 2.24) is 4.98 Å². The second kappa shape index (κ2) is 10.2. The molecule has 1 amide bonds. The number of hydrogen-bond donors (Lipinski definition) is 1. The van der Waals surface area contributed by atoms with Crippen molar-refractivity contribution in [3.8, 4) is 11.9 Å². The number of fused-ring (bicyclic) bond motifs is 1. The quantitative estimate of drug-likeness (QED) is 0.306. The zero-order valence-corrected chi connectivity index (χ0v) is 23.6. The van der Waals surface area contributed by atoms with Crippen LogP contribution in [0.3, 0.4) is 0 Å². The molecule has 0 bridgehead atoms. The molecule has 0 saturated carbocycles. The summed E-state index contributed by atoms with van der Waals surface area (Å²) >= 11 is 4.61. The Bertz CT molecular complexity index is 1860. The second-order valence-corrected chi connectivity index (χ2v) is 14.0. The topological polar surface area (TPSA) is 86.3 Å². The molecule has 1 aliphatic rings. The van der Waals surface area contributed by atoms with Gasteiger partial charge >= 0.3 is 0 Å². The van der Waals surface area contributed by atoms with E-state index >= 15 is 0 Å². The van der Waals surface area contributed by atoms with Gasteiger partial charge in [-0.3, -0.25) is 4.79 Å². The lowest BCUT2D eigenvalue weighted by atomic mass is 10.1. The van der Waals surface area contributed by atoms with Gasteiger partial charge in [0.1, 0.15) is 16.0 Å². The standard InChI is InChI=1S/C31H19BrN3O2PS/c32-20-16-17-25-24(18-20)27(29(36)34-25)28-30(37)35-31(39-28)26(19-33)38(21-10-4-1-5-11-21,22-12-6-2-7-13-22)23-14-8-3-9-15-23/h1-18,37H. The lowest BCUT2D eigenvalue weighted by molar-refractivity contribution is -0.112. The van der Waals surface area contributed by atoms with Crippen LogP contribution in [-0.2, 0) is 4.79 Å². The largest absolute Gasteiger partial charge is 0.492 e. The van der Waals surface area contributed by atoms with Crippen LogP contribution < -0.4 is 26.5 Å². The summed E-state index contributed by atoms with van der Waals surface area (Å²) in [7, 11) is 0. The summed E-state index contributed by atoms with van der Waals surface area (Å²) in [6.45, 7) is -2.75. The Kier molecular flexibility index (Phi) is 6.62. The number of aromatic nitrogens is 1. The van der Waals surface area contributed by atoms with Crippen LogP contribution in [0.15, 0.2) is 119 Å². The van der Waals surface area contributed by atoms with E-state index in [1.54, 1.807) is 6.07 Å². The highest BCUT2D eigenvalue weighted by atomic mass is 79.9. The van der Waals surface area contributed by atoms with Gasteiger partial charge in [0.15, 0.2) is 0 Å². The zero-order chi connectivity index (χ0) is 27.0. The Hall–Kier alpha value is -4.08. The Balaban J connectivity index is 1.75. The molecule has 0 saturated heterocycles. The van der Waals surface area contributed by atoms with Gasteiger partial charge in [-0.25, -0.2) is 9.98 Å². The number of rotatable bonds is 5. The van der Waals surface area contributed by atoms with Crippen LogP contribution in [0, 0.1) is 11.3 Å². The van der Waals surface area contributed by atoms with E-state index < -0.39 is 12.8 Å². The maximum Gasteiger partial charge on any atom is 0.279 e. The molecule has 8 heteroatoms. The molecule has 1 aromatic heterocycles. The number of nitrogens with zero attached hydrogens (tertiary/aromatic N) is 3. The maximum atomic E-state index is 13.0.